The lowest BCUT2D eigenvalue weighted by Gasteiger charge is -1.80. The molecular formula is C4H8N4. The lowest BCUT2D eigenvalue weighted by Crippen LogP contribution is -1.82. The van der Waals surface area contributed by atoms with Gasteiger partial charge in [-0.3, -0.25) is 10.8 Å². The number of nitrogens with zero attached hydrogens (tertiary/aromatic N) is 2. The van der Waals surface area contributed by atoms with Crippen LogP contribution in [0.1, 0.15) is 13.8 Å². The van der Waals surface area contributed by atoms with Crippen LogP contribution in [0.5, 0.6) is 0 Å². The van der Waals surface area contributed by atoms with Crippen molar-refractivity contribution in [3.05, 3.63) is 0 Å². The van der Waals surface area contributed by atoms with Crippen LogP contribution in [0.2, 0.25) is 0 Å². The van der Waals surface area contributed by atoms with Crippen LogP contribution >= 0.6 is 0 Å². The smallest absolute Gasteiger partial charge is 0.140 e. The van der Waals surface area contributed by atoms with Gasteiger partial charge in [0.15, 0.2) is 0 Å². The summed E-state index contributed by atoms with van der Waals surface area (Å²) in [6.45, 7) is 3.01. The quantitative estimate of drug-likeness (QED) is 0.270. The van der Waals surface area contributed by atoms with Crippen LogP contribution < -0.4 is 0 Å². The van der Waals surface area contributed by atoms with Crippen LogP contribution in [0, 0.1) is 10.8 Å². The molecule has 0 aliphatic carbocycles. The Morgan fingerprint density at radius 2 is 1.25 bits per heavy atom. The van der Waals surface area contributed by atoms with Crippen LogP contribution in [0.15, 0.2) is 10.2 Å². The lowest BCUT2D eigenvalue weighted by molar-refractivity contribution is 1.23. The number of rotatable bonds is 0. The molecule has 0 saturated heterocycles. The molecule has 0 aliphatic rings. The predicted molar refractivity (Wildman–Crippen MR) is 31.7 cm³/mol. The van der Waals surface area contributed by atoms with Crippen molar-refractivity contribution in [3.63, 3.8) is 0 Å². The molecule has 0 amide bonds. The van der Waals surface area contributed by atoms with E-state index in [0.29, 0.717) is 0 Å². The fourth-order valence-corrected chi connectivity index (χ4v) is 0.150. The second kappa shape index (κ2) is 3.01. The monoisotopic (exact) mass is 112 g/mol. The van der Waals surface area contributed by atoms with E-state index in [1.54, 1.807) is 0 Å². The molecule has 2 N–H and O–H groups in total. The van der Waals surface area contributed by atoms with Crippen molar-refractivity contribution in [1.29, 1.82) is 10.8 Å². The molecule has 0 aromatic carbocycles. The van der Waals surface area contributed by atoms with E-state index in [1.807, 2.05) is 0 Å². The molecular weight excluding hydrogens is 104 g/mol. The van der Waals surface area contributed by atoms with Gasteiger partial charge in [0.25, 0.3) is 0 Å². The lowest BCUT2D eigenvalue weighted by atomic mass is 10.7. The van der Waals surface area contributed by atoms with Crippen LogP contribution in [-0.2, 0) is 0 Å². The molecule has 8 heavy (non-hydrogen) atoms. The summed E-state index contributed by atoms with van der Waals surface area (Å²) in [5.41, 5.74) is 0. The number of azo groups is 1. The highest BCUT2D eigenvalue weighted by atomic mass is 15.1. The molecule has 0 aromatic heterocycles. The zero-order valence-corrected chi connectivity index (χ0v) is 4.89. The van der Waals surface area contributed by atoms with E-state index < -0.39 is 0 Å². The summed E-state index contributed by atoms with van der Waals surface area (Å²) in [6, 6.07) is 0. The first-order valence-electron chi connectivity index (χ1n) is 2.15. The molecule has 0 spiro atoms. The Morgan fingerprint density at radius 3 is 1.38 bits per heavy atom. The van der Waals surface area contributed by atoms with Crippen molar-refractivity contribution < 1.29 is 0 Å². The van der Waals surface area contributed by atoms with Crippen LogP contribution in [0.25, 0.3) is 0 Å². The maximum absolute atomic E-state index is 6.73. The Kier molecular flexibility index (Phi) is 2.61. The molecule has 0 radical (unpaired) electrons. The summed E-state index contributed by atoms with van der Waals surface area (Å²) in [4.78, 5) is 0. The molecule has 0 bridgehead atoms. The first-order valence-corrected chi connectivity index (χ1v) is 2.15. The van der Waals surface area contributed by atoms with Gasteiger partial charge in [-0.05, 0) is 13.8 Å². The molecule has 0 atom stereocenters. The Bertz CT molecular complexity index is 119. The third-order valence-corrected chi connectivity index (χ3v) is 0.350. The molecule has 0 saturated carbocycles. The fraction of sp³-hybridized carbons (Fsp3) is 0.500. The van der Waals surface area contributed by atoms with Crippen LogP contribution in [0.3, 0.4) is 0 Å². The first kappa shape index (κ1) is 6.94. The van der Waals surface area contributed by atoms with Crippen molar-refractivity contribution in [2.24, 2.45) is 10.2 Å². The van der Waals surface area contributed by atoms with E-state index in [-0.39, 0.29) is 11.7 Å². The molecule has 0 unspecified atom stereocenters. The number of hydrogen-bond acceptors (Lipinski definition) is 2. The Morgan fingerprint density at radius 1 is 1.00 bits per heavy atom. The minimum absolute atomic E-state index is 0.122. The minimum Gasteiger partial charge on any atom is -0.285 e. The number of nitrogens with one attached hydrogen (secondary N) is 2. The summed E-state index contributed by atoms with van der Waals surface area (Å²) in [6.07, 6.45) is 0. The minimum atomic E-state index is 0.122. The van der Waals surface area contributed by atoms with Crippen molar-refractivity contribution >= 4 is 11.7 Å². The highest BCUT2D eigenvalue weighted by Gasteiger charge is 1.78. The highest BCUT2D eigenvalue weighted by Crippen LogP contribution is 1.77. The molecule has 4 heteroatoms. The second-order valence-corrected chi connectivity index (χ2v) is 1.37. The van der Waals surface area contributed by atoms with Gasteiger partial charge in [0, 0.05) is 0 Å². The summed E-state index contributed by atoms with van der Waals surface area (Å²) < 4.78 is 0. The Balaban J connectivity index is 3.67. The molecule has 0 rings (SSSR count). The molecule has 0 aromatic rings. The van der Waals surface area contributed by atoms with E-state index in [9.17, 15) is 0 Å². The largest absolute Gasteiger partial charge is 0.285 e. The average molecular weight is 112 g/mol. The molecule has 44 valence electrons. The number of hydrogen-bond donors (Lipinski definition) is 2. The van der Waals surface area contributed by atoms with Crippen molar-refractivity contribution in [1.82, 2.24) is 0 Å². The average Bonchev–Trinajstić information content (AvgIpc) is 1.61. The maximum Gasteiger partial charge on any atom is 0.140 e. The maximum atomic E-state index is 6.73. The van der Waals surface area contributed by atoms with Crippen molar-refractivity contribution in [2.45, 2.75) is 13.8 Å². The third kappa shape index (κ3) is 4.94. The molecule has 0 heterocycles. The summed E-state index contributed by atoms with van der Waals surface area (Å²) in [5, 5.41) is 20.1. The van der Waals surface area contributed by atoms with Crippen molar-refractivity contribution in [3.8, 4) is 0 Å². The first-order chi connectivity index (χ1) is 3.63. The van der Waals surface area contributed by atoms with Gasteiger partial charge in [-0.2, -0.15) is 0 Å². The van der Waals surface area contributed by atoms with E-state index in [1.165, 1.54) is 13.8 Å². The normalized spacial score (nSPS) is 9.75. The summed E-state index contributed by atoms with van der Waals surface area (Å²) in [5.74, 6) is 0.244. The van der Waals surface area contributed by atoms with Gasteiger partial charge >= 0.3 is 0 Å². The van der Waals surface area contributed by atoms with E-state index in [0.717, 1.165) is 0 Å². The third-order valence-electron chi connectivity index (χ3n) is 0.350. The highest BCUT2D eigenvalue weighted by molar-refractivity contribution is 5.81. The summed E-state index contributed by atoms with van der Waals surface area (Å²) >= 11 is 0. The van der Waals surface area contributed by atoms with Gasteiger partial charge in [0.2, 0.25) is 0 Å². The van der Waals surface area contributed by atoms with Gasteiger partial charge < -0.3 is 0 Å². The van der Waals surface area contributed by atoms with Crippen molar-refractivity contribution in [2.75, 3.05) is 0 Å². The van der Waals surface area contributed by atoms with Gasteiger partial charge in [-0.25, -0.2) is 0 Å². The molecule has 4 nitrogen and oxygen atoms in total. The predicted octanol–water partition coefficient (Wildman–Crippen LogP) is 1.43. The van der Waals surface area contributed by atoms with Crippen LogP contribution in [-0.4, -0.2) is 11.7 Å². The fourth-order valence-electron chi connectivity index (χ4n) is 0.150. The van der Waals surface area contributed by atoms with E-state index >= 15 is 0 Å². The Hall–Kier alpha value is -1.06. The SMILES string of the molecule is CC(=N)N=NC(C)=N. The van der Waals surface area contributed by atoms with Gasteiger partial charge in [-0.1, -0.05) is 0 Å². The van der Waals surface area contributed by atoms with Crippen LogP contribution in [0.4, 0.5) is 0 Å². The van der Waals surface area contributed by atoms with Gasteiger partial charge in [0.1, 0.15) is 11.7 Å². The van der Waals surface area contributed by atoms with Gasteiger partial charge in [0.05, 0.1) is 0 Å². The van der Waals surface area contributed by atoms with E-state index in [4.69, 9.17) is 10.8 Å². The zero-order chi connectivity index (χ0) is 6.57. The topological polar surface area (TPSA) is 72.4 Å². The van der Waals surface area contributed by atoms with E-state index in [2.05, 4.69) is 10.2 Å². The second-order valence-electron chi connectivity index (χ2n) is 1.37. The zero-order valence-electron chi connectivity index (χ0n) is 4.89. The molecule has 0 aliphatic heterocycles. The number of amidine groups is 2. The molecule has 0 fully saturated rings. The van der Waals surface area contributed by atoms with Gasteiger partial charge in [-0.15, -0.1) is 10.2 Å². The standard InChI is InChI=1S/C4H8N4/c1-3(5)7-8-4(2)6/h5-6H,1-2H3. The Labute approximate surface area is 47.7 Å². The summed E-state index contributed by atoms with van der Waals surface area (Å²) in [7, 11) is 0.